The van der Waals surface area contributed by atoms with Crippen molar-refractivity contribution >= 4 is 29.7 Å². The highest BCUT2D eigenvalue weighted by Crippen LogP contribution is 2.12. The second kappa shape index (κ2) is 15.3. The van der Waals surface area contributed by atoms with Crippen LogP contribution in [0.2, 0.25) is 0 Å². The average molecular weight is 512 g/mol. The molecule has 4 atom stereocenters. The topological polar surface area (TPSA) is 254 Å². The largest absolute Gasteiger partial charge is 0.508 e. The number of hydrogen-bond acceptors (Lipinski definition) is 9. The molecule has 14 heteroatoms. The lowest BCUT2D eigenvalue weighted by atomic mass is 10.0. The van der Waals surface area contributed by atoms with Crippen molar-refractivity contribution in [2.75, 3.05) is 13.2 Å². The van der Waals surface area contributed by atoms with Crippen LogP contribution in [-0.2, 0) is 30.4 Å². The fourth-order valence-corrected chi connectivity index (χ4v) is 3.11. The Labute approximate surface area is 207 Å². The molecule has 0 spiro atoms. The standard InChI is InChI=1S/C22H33N5O9/c23-8-2-1-3-14(24)19(32)25-15(9-12-4-6-13(29)7-5-12)20(33)26-16(10-18(30)31)21(34)27-17(11-28)22(35)36/h4-7,14-17,28-29H,1-3,8-11,23-24H2,(H,25,32)(H,26,33)(H,27,34)(H,30,31)(H,35,36). The summed E-state index contributed by atoms with van der Waals surface area (Å²) in [4.78, 5) is 60.5. The monoisotopic (exact) mass is 511 g/mol. The summed E-state index contributed by atoms with van der Waals surface area (Å²) in [5.74, 6) is -5.79. The van der Waals surface area contributed by atoms with E-state index in [0.29, 0.717) is 31.4 Å². The van der Waals surface area contributed by atoms with Gasteiger partial charge in [-0.2, -0.15) is 0 Å². The van der Waals surface area contributed by atoms with Crippen LogP contribution >= 0.6 is 0 Å². The van der Waals surface area contributed by atoms with E-state index in [4.69, 9.17) is 26.8 Å². The predicted molar refractivity (Wildman–Crippen MR) is 125 cm³/mol. The number of carboxylic acids is 2. The number of hydrogen-bond donors (Lipinski definition) is 9. The highest BCUT2D eigenvalue weighted by atomic mass is 16.4. The van der Waals surface area contributed by atoms with E-state index in [9.17, 15) is 29.1 Å². The number of aliphatic hydroxyl groups excluding tert-OH is 1. The van der Waals surface area contributed by atoms with Crippen LogP contribution in [0.5, 0.6) is 5.75 Å². The van der Waals surface area contributed by atoms with Crippen molar-refractivity contribution in [2.45, 2.75) is 56.3 Å². The summed E-state index contributed by atoms with van der Waals surface area (Å²) < 4.78 is 0. The number of aliphatic carboxylic acids is 2. The Hall–Kier alpha value is -3.75. The van der Waals surface area contributed by atoms with Crippen LogP contribution in [0.1, 0.15) is 31.2 Å². The summed E-state index contributed by atoms with van der Waals surface area (Å²) >= 11 is 0. The second-order valence-electron chi connectivity index (χ2n) is 8.06. The molecule has 1 aromatic carbocycles. The number of amides is 3. The van der Waals surface area contributed by atoms with Gasteiger partial charge in [0.05, 0.1) is 19.1 Å². The third kappa shape index (κ3) is 10.7. The van der Waals surface area contributed by atoms with Gasteiger partial charge in [0.1, 0.15) is 23.9 Å². The molecule has 36 heavy (non-hydrogen) atoms. The summed E-state index contributed by atoms with van der Waals surface area (Å²) in [5, 5.41) is 43.4. The van der Waals surface area contributed by atoms with Crippen LogP contribution in [0.15, 0.2) is 24.3 Å². The van der Waals surface area contributed by atoms with Crippen molar-refractivity contribution in [2.24, 2.45) is 11.5 Å². The summed E-state index contributed by atoms with van der Waals surface area (Å²) in [7, 11) is 0. The van der Waals surface area contributed by atoms with Gasteiger partial charge in [0.25, 0.3) is 0 Å². The minimum Gasteiger partial charge on any atom is -0.508 e. The van der Waals surface area contributed by atoms with Gasteiger partial charge < -0.3 is 47.8 Å². The van der Waals surface area contributed by atoms with E-state index >= 15 is 0 Å². The summed E-state index contributed by atoms with van der Waals surface area (Å²) in [6.07, 6.45) is 0.543. The lowest BCUT2D eigenvalue weighted by Gasteiger charge is -2.24. The number of benzene rings is 1. The molecule has 0 saturated heterocycles. The van der Waals surface area contributed by atoms with Crippen LogP contribution in [-0.4, -0.2) is 87.4 Å². The van der Waals surface area contributed by atoms with Gasteiger partial charge in [-0.25, -0.2) is 4.79 Å². The fraction of sp³-hybridized carbons (Fsp3) is 0.500. The first-order chi connectivity index (χ1) is 17.0. The van der Waals surface area contributed by atoms with Crippen molar-refractivity contribution in [3.8, 4) is 5.75 Å². The second-order valence-corrected chi connectivity index (χ2v) is 8.06. The average Bonchev–Trinajstić information content (AvgIpc) is 2.82. The Morgan fingerprint density at radius 2 is 1.39 bits per heavy atom. The molecule has 0 heterocycles. The van der Waals surface area contributed by atoms with Crippen LogP contribution < -0.4 is 27.4 Å². The number of phenolic OH excluding ortho intramolecular Hbond substituents is 1. The Bertz CT molecular complexity index is 910. The highest BCUT2D eigenvalue weighted by Gasteiger charge is 2.31. The van der Waals surface area contributed by atoms with Crippen LogP contribution in [0.4, 0.5) is 0 Å². The number of aliphatic hydroxyl groups is 1. The normalized spacial score (nSPS) is 14.1. The van der Waals surface area contributed by atoms with Gasteiger partial charge in [-0.05, 0) is 37.1 Å². The zero-order valence-corrected chi connectivity index (χ0v) is 19.6. The lowest BCUT2D eigenvalue weighted by molar-refractivity contribution is -0.144. The van der Waals surface area contributed by atoms with Gasteiger partial charge in [0.2, 0.25) is 17.7 Å². The third-order valence-electron chi connectivity index (χ3n) is 5.12. The Morgan fingerprint density at radius 1 is 0.833 bits per heavy atom. The highest BCUT2D eigenvalue weighted by molar-refractivity contribution is 5.95. The molecule has 0 aromatic heterocycles. The Kier molecular flexibility index (Phi) is 12.9. The number of carboxylic acid groups (broad SMARTS) is 2. The summed E-state index contributed by atoms with van der Waals surface area (Å²) in [6, 6.07) is 0.0705. The van der Waals surface area contributed by atoms with Crippen LogP contribution in [0.25, 0.3) is 0 Å². The van der Waals surface area contributed by atoms with Gasteiger partial charge in [0, 0.05) is 6.42 Å². The SMILES string of the molecule is NCCCCC(N)C(=O)NC(Cc1ccc(O)cc1)C(=O)NC(CC(=O)O)C(=O)NC(CO)C(=O)O. The number of nitrogens with two attached hydrogens (primary N) is 2. The third-order valence-corrected chi connectivity index (χ3v) is 5.12. The van der Waals surface area contributed by atoms with Crippen LogP contribution in [0.3, 0.4) is 0 Å². The molecule has 14 nitrogen and oxygen atoms in total. The minimum absolute atomic E-state index is 0.0271. The molecule has 0 bridgehead atoms. The van der Waals surface area contributed by atoms with Gasteiger partial charge in [-0.1, -0.05) is 18.6 Å². The number of rotatable bonds is 16. The van der Waals surface area contributed by atoms with E-state index in [1.165, 1.54) is 24.3 Å². The number of carbonyl (C=O) groups is 5. The smallest absolute Gasteiger partial charge is 0.328 e. The van der Waals surface area contributed by atoms with Crippen molar-refractivity contribution < 1.29 is 44.4 Å². The number of unbranched alkanes of at least 4 members (excludes halogenated alkanes) is 1. The molecule has 0 aliphatic carbocycles. The first-order valence-corrected chi connectivity index (χ1v) is 11.2. The Balaban J connectivity index is 3.08. The molecular weight excluding hydrogens is 478 g/mol. The van der Waals surface area contributed by atoms with Crippen molar-refractivity contribution in [1.29, 1.82) is 0 Å². The molecule has 3 amide bonds. The van der Waals surface area contributed by atoms with Gasteiger partial charge >= 0.3 is 11.9 Å². The molecule has 0 aliphatic heterocycles. The fourth-order valence-electron chi connectivity index (χ4n) is 3.11. The van der Waals surface area contributed by atoms with E-state index in [1.807, 2.05) is 5.32 Å². The summed E-state index contributed by atoms with van der Waals surface area (Å²) in [5.41, 5.74) is 11.9. The van der Waals surface area contributed by atoms with Gasteiger partial charge in [-0.3, -0.25) is 19.2 Å². The molecule has 0 radical (unpaired) electrons. The molecule has 1 rings (SSSR count). The Morgan fingerprint density at radius 3 is 1.92 bits per heavy atom. The van der Waals surface area contributed by atoms with E-state index in [0.717, 1.165) is 0 Å². The summed E-state index contributed by atoms with van der Waals surface area (Å²) in [6.45, 7) is -0.539. The van der Waals surface area contributed by atoms with Gasteiger partial charge in [-0.15, -0.1) is 0 Å². The minimum atomic E-state index is -1.72. The number of carbonyl (C=O) groups excluding carboxylic acids is 3. The molecular formula is C22H33N5O9. The quantitative estimate of drug-likeness (QED) is 0.104. The molecule has 0 aliphatic rings. The molecule has 4 unspecified atom stereocenters. The predicted octanol–water partition coefficient (Wildman–Crippen LogP) is -2.60. The van der Waals surface area contributed by atoms with Crippen LogP contribution in [0, 0.1) is 0 Å². The molecule has 1 aromatic rings. The number of nitrogens with one attached hydrogen (secondary N) is 3. The van der Waals surface area contributed by atoms with Gasteiger partial charge in [0.15, 0.2) is 0 Å². The molecule has 0 saturated carbocycles. The zero-order chi connectivity index (χ0) is 27.3. The van der Waals surface area contributed by atoms with Crippen molar-refractivity contribution in [1.82, 2.24) is 16.0 Å². The maximum absolute atomic E-state index is 13.0. The zero-order valence-electron chi connectivity index (χ0n) is 19.6. The maximum Gasteiger partial charge on any atom is 0.328 e. The first kappa shape index (κ1) is 30.3. The van der Waals surface area contributed by atoms with Crippen molar-refractivity contribution in [3.63, 3.8) is 0 Å². The van der Waals surface area contributed by atoms with E-state index < -0.39 is 66.9 Å². The number of phenols is 1. The first-order valence-electron chi connectivity index (χ1n) is 11.2. The molecule has 0 fully saturated rings. The van der Waals surface area contributed by atoms with E-state index in [1.54, 1.807) is 0 Å². The maximum atomic E-state index is 13.0. The van der Waals surface area contributed by atoms with E-state index in [2.05, 4.69) is 10.6 Å². The van der Waals surface area contributed by atoms with Crippen molar-refractivity contribution in [3.05, 3.63) is 29.8 Å². The molecule has 200 valence electrons. The number of aromatic hydroxyl groups is 1. The van der Waals surface area contributed by atoms with E-state index in [-0.39, 0.29) is 12.2 Å². The molecule has 11 N–H and O–H groups in total. The lowest BCUT2D eigenvalue weighted by Crippen LogP contribution is -2.58.